The lowest BCUT2D eigenvalue weighted by Crippen LogP contribution is -2.43. The predicted octanol–water partition coefficient (Wildman–Crippen LogP) is 3.23. The molecule has 0 saturated heterocycles. The molecule has 5 N–H and O–H groups in total. The third-order valence-corrected chi connectivity index (χ3v) is 6.32. The lowest BCUT2D eigenvalue weighted by Gasteiger charge is -2.30. The fourth-order valence-electron chi connectivity index (χ4n) is 4.47. The van der Waals surface area contributed by atoms with Gasteiger partial charge < -0.3 is 26.2 Å². The summed E-state index contributed by atoms with van der Waals surface area (Å²) in [7, 11) is 0. The Labute approximate surface area is 209 Å². The Balaban J connectivity index is 2.14. The number of carbonyl (C=O) groups is 2. The van der Waals surface area contributed by atoms with E-state index in [0.717, 1.165) is 24.0 Å². The van der Waals surface area contributed by atoms with Crippen molar-refractivity contribution >= 4 is 11.8 Å². The number of nitrogens with one attached hydrogen (secondary N) is 1. The molecule has 0 spiro atoms. The van der Waals surface area contributed by atoms with Crippen molar-refractivity contribution in [3.8, 4) is 5.75 Å². The second kappa shape index (κ2) is 15.2. The zero-order valence-corrected chi connectivity index (χ0v) is 21.0. The molecule has 2 aromatic rings. The van der Waals surface area contributed by atoms with E-state index in [1.165, 1.54) is 0 Å². The van der Waals surface area contributed by atoms with Crippen LogP contribution in [0.25, 0.3) is 0 Å². The van der Waals surface area contributed by atoms with Gasteiger partial charge in [0.2, 0.25) is 11.8 Å². The van der Waals surface area contributed by atoms with E-state index in [2.05, 4.69) is 5.32 Å². The molecule has 0 aliphatic carbocycles. The summed E-state index contributed by atoms with van der Waals surface area (Å²) < 4.78 is 0. The molecule has 0 radical (unpaired) electrons. The number of hydrogen-bond donors (Lipinski definition) is 4. The Kier molecular flexibility index (Phi) is 12.3. The smallest absolute Gasteiger partial charge is 0.222 e. The quantitative estimate of drug-likeness (QED) is 0.293. The van der Waals surface area contributed by atoms with E-state index in [-0.39, 0.29) is 31.0 Å². The summed E-state index contributed by atoms with van der Waals surface area (Å²) in [5, 5.41) is 24.1. The summed E-state index contributed by atoms with van der Waals surface area (Å²) >= 11 is 0. The van der Waals surface area contributed by atoms with Crippen molar-refractivity contribution in [2.24, 2.45) is 17.6 Å². The minimum absolute atomic E-state index is 0.0139. The summed E-state index contributed by atoms with van der Waals surface area (Å²) in [5.41, 5.74) is 7.79. The Bertz CT molecular complexity index is 883. The molecular weight excluding hydrogens is 442 g/mol. The van der Waals surface area contributed by atoms with Crippen LogP contribution in [0.4, 0.5) is 0 Å². The van der Waals surface area contributed by atoms with Crippen molar-refractivity contribution in [2.45, 2.75) is 58.6 Å². The number of rotatable bonds is 16. The average Bonchev–Trinajstić information content (AvgIpc) is 2.84. The number of aliphatic hydroxyl groups excluding tert-OH is 1. The number of benzene rings is 2. The summed E-state index contributed by atoms with van der Waals surface area (Å²) in [5.74, 6) is -1.48. The van der Waals surface area contributed by atoms with E-state index in [1.54, 1.807) is 24.3 Å². The van der Waals surface area contributed by atoms with Gasteiger partial charge in [-0.05, 0) is 48.9 Å². The molecule has 7 heteroatoms. The van der Waals surface area contributed by atoms with Crippen molar-refractivity contribution < 1.29 is 19.8 Å². The average molecular weight is 484 g/mol. The van der Waals surface area contributed by atoms with Gasteiger partial charge in [0.1, 0.15) is 5.75 Å². The minimum atomic E-state index is -0.845. The van der Waals surface area contributed by atoms with Crippen LogP contribution < -0.4 is 11.1 Å². The molecule has 0 heterocycles. The van der Waals surface area contributed by atoms with Crippen LogP contribution in [-0.2, 0) is 22.6 Å². The van der Waals surface area contributed by atoms with Gasteiger partial charge in [-0.25, -0.2) is 0 Å². The zero-order chi connectivity index (χ0) is 25.6. The molecule has 2 aromatic carbocycles. The normalized spacial score (nSPS) is 13.7. The van der Waals surface area contributed by atoms with Crippen LogP contribution >= 0.6 is 0 Å². The van der Waals surface area contributed by atoms with Crippen molar-refractivity contribution in [1.29, 1.82) is 0 Å². The Morgan fingerprint density at radius 2 is 1.60 bits per heavy atom. The molecule has 2 amide bonds. The number of phenols is 1. The van der Waals surface area contributed by atoms with Crippen LogP contribution in [0.5, 0.6) is 5.75 Å². The molecule has 0 fully saturated rings. The van der Waals surface area contributed by atoms with Gasteiger partial charge in [0.05, 0.1) is 6.10 Å². The standard InChI is InChI=1S/C28H41N3O4/c1-3-16-31(17-4-2)27(34)15-14-24(28(29)35)25(18-21-10-12-23(32)13-11-21)26(33)20-30-19-22-8-6-5-7-9-22/h5-13,24-26,30,32-33H,3-4,14-20H2,1-2H3,(H2,29,35)/t24?,25-,26-/m0/s1. The number of aliphatic hydroxyl groups is 1. The highest BCUT2D eigenvalue weighted by Crippen LogP contribution is 2.27. The van der Waals surface area contributed by atoms with E-state index in [4.69, 9.17) is 5.73 Å². The zero-order valence-electron chi connectivity index (χ0n) is 21.0. The Morgan fingerprint density at radius 3 is 2.17 bits per heavy atom. The maximum atomic E-state index is 12.8. The number of aromatic hydroxyl groups is 1. The fraction of sp³-hybridized carbons (Fsp3) is 0.500. The SMILES string of the molecule is CCCN(CCC)C(=O)CCC(C(N)=O)[C@H](Cc1ccc(O)cc1)[C@@H](O)CNCc1ccccc1. The van der Waals surface area contributed by atoms with Crippen LogP contribution in [0.2, 0.25) is 0 Å². The van der Waals surface area contributed by atoms with E-state index >= 15 is 0 Å². The molecule has 3 atom stereocenters. The summed E-state index contributed by atoms with van der Waals surface area (Å²) in [6.45, 7) is 6.33. The lowest BCUT2D eigenvalue weighted by molar-refractivity contribution is -0.132. The fourth-order valence-corrected chi connectivity index (χ4v) is 4.47. The Hall–Kier alpha value is -2.90. The highest BCUT2D eigenvalue weighted by atomic mass is 16.3. The number of hydrogen-bond acceptors (Lipinski definition) is 5. The molecule has 35 heavy (non-hydrogen) atoms. The summed E-state index contributed by atoms with van der Waals surface area (Å²) in [6, 6.07) is 16.6. The number of amides is 2. The monoisotopic (exact) mass is 483 g/mol. The van der Waals surface area contributed by atoms with Crippen LogP contribution in [0.1, 0.15) is 50.7 Å². The topological polar surface area (TPSA) is 116 Å². The lowest BCUT2D eigenvalue weighted by atomic mass is 9.79. The van der Waals surface area contributed by atoms with Crippen molar-refractivity contribution in [2.75, 3.05) is 19.6 Å². The number of nitrogens with zero attached hydrogens (tertiary/aromatic N) is 1. The van der Waals surface area contributed by atoms with Gasteiger partial charge in [0, 0.05) is 44.4 Å². The van der Waals surface area contributed by atoms with Crippen LogP contribution in [-0.4, -0.2) is 52.7 Å². The van der Waals surface area contributed by atoms with Gasteiger partial charge in [0.25, 0.3) is 0 Å². The third kappa shape index (κ3) is 9.70. The van der Waals surface area contributed by atoms with Gasteiger partial charge in [-0.3, -0.25) is 9.59 Å². The van der Waals surface area contributed by atoms with Gasteiger partial charge >= 0.3 is 0 Å². The van der Waals surface area contributed by atoms with Gasteiger partial charge in [0.15, 0.2) is 0 Å². The number of carbonyl (C=O) groups excluding carboxylic acids is 2. The van der Waals surface area contributed by atoms with Crippen molar-refractivity contribution in [3.05, 3.63) is 65.7 Å². The van der Waals surface area contributed by atoms with E-state index in [9.17, 15) is 19.8 Å². The number of nitrogens with two attached hydrogens (primary N) is 1. The summed E-state index contributed by atoms with van der Waals surface area (Å²) in [6.07, 6.45) is 1.81. The van der Waals surface area contributed by atoms with Crippen molar-refractivity contribution in [3.63, 3.8) is 0 Å². The highest BCUT2D eigenvalue weighted by Gasteiger charge is 2.33. The van der Waals surface area contributed by atoms with E-state index < -0.39 is 23.8 Å². The first-order chi connectivity index (χ1) is 16.8. The molecule has 2 rings (SSSR count). The molecular formula is C28H41N3O4. The molecule has 1 unspecified atom stereocenters. The van der Waals surface area contributed by atoms with Gasteiger partial charge in [-0.2, -0.15) is 0 Å². The number of primary amides is 1. The second-order valence-electron chi connectivity index (χ2n) is 9.15. The van der Waals surface area contributed by atoms with Gasteiger partial charge in [-0.15, -0.1) is 0 Å². The van der Waals surface area contributed by atoms with Crippen molar-refractivity contribution in [1.82, 2.24) is 10.2 Å². The minimum Gasteiger partial charge on any atom is -0.508 e. The second-order valence-corrected chi connectivity index (χ2v) is 9.15. The molecule has 7 nitrogen and oxygen atoms in total. The summed E-state index contributed by atoms with van der Waals surface area (Å²) in [4.78, 5) is 27.2. The van der Waals surface area contributed by atoms with Crippen LogP contribution in [0.15, 0.2) is 54.6 Å². The third-order valence-electron chi connectivity index (χ3n) is 6.32. The van der Waals surface area contributed by atoms with Crippen LogP contribution in [0.3, 0.4) is 0 Å². The molecule has 0 aliphatic heterocycles. The first kappa shape index (κ1) is 28.3. The molecule has 0 bridgehead atoms. The van der Waals surface area contributed by atoms with Crippen LogP contribution in [0, 0.1) is 11.8 Å². The maximum Gasteiger partial charge on any atom is 0.222 e. The Morgan fingerprint density at radius 1 is 0.971 bits per heavy atom. The highest BCUT2D eigenvalue weighted by molar-refractivity contribution is 5.80. The van der Waals surface area contributed by atoms with E-state index in [1.807, 2.05) is 49.1 Å². The molecule has 0 saturated carbocycles. The number of phenolic OH excluding ortho intramolecular Hbond substituents is 1. The van der Waals surface area contributed by atoms with Gasteiger partial charge in [-0.1, -0.05) is 56.3 Å². The molecule has 192 valence electrons. The first-order valence-corrected chi connectivity index (χ1v) is 12.6. The predicted molar refractivity (Wildman–Crippen MR) is 139 cm³/mol. The van der Waals surface area contributed by atoms with E-state index in [0.29, 0.717) is 26.1 Å². The molecule has 0 aliphatic rings. The largest absolute Gasteiger partial charge is 0.508 e. The maximum absolute atomic E-state index is 12.8. The first-order valence-electron chi connectivity index (χ1n) is 12.6. The molecule has 0 aromatic heterocycles.